The van der Waals surface area contributed by atoms with Crippen LogP contribution in [0.4, 0.5) is 13.2 Å². The normalized spacial score (nSPS) is 18.9. The van der Waals surface area contributed by atoms with Gasteiger partial charge in [0.05, 0.1) is 10.4 Å². The van der Waals surface area contributed by atoms with E-state index in [0.717, 1.165) is 8.87 Å². The summed E-state index contributed by atoms with van der Waals surface area (Å²) in [4.78, 5) is 26.1. The average Bonchev–Trinajstić information content (AvgIpc) is 3.55. The Morgan fingerprint density at radius 1 is 0.970 bits per heavy atom. The van der Waals surface area contributed by atoms with E-state index in [2.05, 4.69) is 0 Å². The van der Waals surface area contributed by atoms with Crippen LogP contribution in [0, 0.1) is 0 Å². The smallest absolute Gasteiger partial charge is 0.328 e. The molecule has 10 heteroatoms. The van der Waals surface area contributed by atoms with E-state index >= 15 is 0 Å². The summed E-state index contributed by atoms with van der Waals surface area (Å²) >= 11 is 0. The molecule has 1 atom stereocenters. The van der Waals surface area contributed by atoms with Gasteiger partial charge in [-0.3, -0.25) is 9.59 Å². The van der Waals surface area contributed by atoms with Crippen LogP contribution >= 0.6 is 0 Å². The van der Waals surface area contributed by atoms with Crippen molar-refractivity contribution >= 4 is 32.6 Å². The predicted molar refractivity (Wildman–Crippen MR) is 113 cm³/mol. The van der Waals surface area contributed by atoms with Crippen LogP contribution in [0.2, 0.25) is 0 Å². The molecule has 1 heterocycles. The maximum absolute atomic E-state index is 13.3. The second-order valence-corrected chi connectivity index (χ2v) is 10.2. The van der Waals surface area contributed by atoms with E-state index < -0.39 is 40.0 Å². The van der Waals surface area contributed by atoms with Crippen molar-refractivity contribution in [3.8, 4) is 0 Å². The number of ketones is 1. The third kappa shape index (κ3) is 3.62. The Kier molecular flexibility index (Phi) is 4.89. The van der Waals surface area contributed by atoms with Gasteiger partial charge in [-0.05, 0) is 43.0 Å². The number of hydrogen-bond donors (Lipinski definition) is 0. The van der Waals surface area contributed by atoms with E-state index in [0.29, 0.717) is 23.8 Å². The van der Waals surface area contributed by atoms with Crippen LogP contribution in [0.1, 0.15) is 35.2 Å². The molecule has 1 saturated carbocycles. The van der Waals surface area contributed by atoms with E-state index in [1.807, 2.05) is 0 Å². The van der Waals surface area contributed by atoms with Gasteiger partial charge in [0, 0.05) is 35.7 Å². The summed E-state index contributed by atoms with van der Waals surface area (Å²) in [6, 6.07) is 10.8. The monoisotopic (exact) mass is 476 g/mol. The van der Waals surface area contributed by atoms with Gasteiger partial charge in [0.2, 0.25) is 0 Å². The second-order valence-electron chi connectivity index (χ2n) is 8.39. The number of amides is 1. The molecular formula is C23H19F3N2O4S. The molecule has 1 fully saturated rings. The summed E-state index contributed by atoms with van der Waals surface area (Å²) in [5.41, 5.74) is 0.958. The maximum Gasteiger partial charge on any atom is 0.471 e. The van der Waals surface area contributed by atoms with Gasteiger partial charge in [-0.25, -0.2) is 12.4 Å². The first-order valence-corrected chi connectivity index (χ1v) is 11.9. The van der Waals surface area contributed by atoms with Gasteiger partial charge in [-0.15, -0.1) is 0 Å². The minimum absolute atomic E-state index is 0.0467. The number of rotatable bonds is 4. The lowest BCUT2D eigenvalue weighted by Crippen LogP contribution is -2.49. The SMILES string of the molecule is O=C1CC(N(C(=O)C(F)(F)F)C2CC2)Cc2cn(S(=O)(=O)c3ccccc3)c3cccc1c23. The van der Waals surface area contributed by atoms with E-state index in [1.54, 1.807) is 36.4 Å². The number of Topliss-reactive ketones (excluding diaryl/α,β-unsaturated/α-hetero) is 1. The van der Waals surface area contributed by atoms with Crippen LogP contribution < -0.4 is 0 Å². The highest BCUT2D eigenvalue weighted by molar-refractivity contribution is 7.90. The lowest BCUT2D eigenvalue weighted by atomic mass is 10.0. The number of halogens is 3. The molecule has 1 aromatic heterocycles. The molecule has 6 nitrogen and oxygen atoms in total. The lowest BCUT2D eigenvalue weighted by Gasteiger charge is -2.31. The van der Waals surface area contributed by atoms with Crippen LogP contribution in [0.25, 0.3) is 10.9 Å². The van der Waals surface area contributed by atoms with Crippen LogP contribution in [-0.2, 0) is 21.2 Å². The summed E-state index contributed by atoms with van der Waals surface area (Å²) in [5, 5.41) is 0.403. The van der Waals surface area contributed by atoms with Crippen molar-refractivity contribution in [1.82, 2.24) is 8.87 Å². The maximum atomic E-state index is 13.3. The average molecular weight is 476 g/mol. The summed E-state index contributed by atoms with van der Waals surface area (Å²) < 4.78 is 67.7. The molecule has 0 spiro atoms. The molecular weight excluding hydrogens is 457 g/mol. The Hall–Kier alpha value is -3.14. The van der Waals surface area contributed by atoms with Crippen LogP contribution in [0.3, 0.4) is 0 Å². The number of benzene rings is 2. The van der Waals surface area contributed by atoms with Crippen molar-refractivity contribution in [2.75, 3.05) is 0 Å². The predicted octanol–water partition coefficient (Wildman–Crippen LogP) is 3.93. The topological polar surface area (TPSA) is 76.5 Å². The van der Waals surface area contributed by atoms with Crippen LogP contribution in [0.15, 0.2) is 59.6 Å². The van der Waals surface area contributed by atoms with Gasteiger partial charge in [0.1, 0.15) is 0 Å². The van der Waals surface area contributed by atoms with Gasteiger partial charge >= 0.3 is 12.1 Å². The summed E-state index contributed by atoms with van der Waals surface area (Å²) in [6.45, 7) is 0. The highest BCUT2D eigenvalue weighted by Gasteiger charge is 2.50. The van der Waals surface area contributed by atoms with Crippen LogP contribution in [0.5, 0.6) is 0 Å². The van der Waals surface area contributed by atoms with E-state index in [-0.39, 0.29) is 28.8 Å². The van der Waals surface area contributed by atoms with Gasteiger partial charge in [-0.2, -0.15) is 13.2 Å². The van der Waals surface area contributed by atoms with Crippen LogP contribution in [-0.4, -0.2) is 47.2 Å². The molecule has 0 saturated heterocycles. The van der Waals surface area contributed by atoms with Crippen molar-refractivity contribution in [3.63, 3.8) is 0 Å². The zero-order valence-electron chi connectivity index (χ0n) is 17.2. The molecule has 0 N–H and O–H groups in total. The zero-order valence-corrected chi connectivity index (χ0v) is 18.1. The van der Waals surface area contributed by atoms with Crippen molar-refractivity contribution in [2.45, 2.75) is 48.8 Å². The largest absolute Gasteiger partial charge is 0.471 e. The van der Waals surface area contributed by atoms with E-state index in [9.17, 15) is 31.2 Å². The molecule has 2 aliphatic carbocycles. The number of alkyl halides is 3. The van der Waals surface area contributed by atoms with Gasteiger partial charge in [-0.1, -0.05) is 30.3 Å². The highest BCUT2D eigenvalue weighted by atomic mass is 32.2. The Bertz CT molecular complexity index is 1380. The fourth-order valence-corrected chi connectivity index (χ4v) is 6.01. The fourth-order valence-electron chi connectivity index (χ4n) is 4.60. The van der Waals surface area contributed by atoms with E-state index in [4.69, 9.17) is 0 Å². The molecule has 0 bridgehead atoms. The molecule has 33 heavy (non-hydrogen) atoms. The number of carbonyl (C=O) groups is 2. The van der Waals surface area contributed by atoms with Crippen molar-refractivity contribution < 1.29 is 31.2 Å². The van der Waals surface area contributed by atoms with Crippen molar-refractivity contribution in [3.05, 3.63) is 65.9 Å². The first-order chi connectivity index (χ1) is 15.6. The summed E-state index contributed by atoms with van der Waals surface area (Å²) in [6.07, 6.45) is -3.10. The van der Waals surface area contributed by atoms with Gasteiger partial charge < -0.3 is 4.90 Å². The third-order valence-electron chi connectivity index (χ3n) is 6.16. The molecule has 0 aliphatic heterocycles. The molecule has 0 radical (unpaired) electrons. The van der Waals surface area contributed by atoms with Gasteiger partial charge in [0.25, 0.3) is 10.0 Å². The number of aromatic nitrogens is 1. The highest BCUT2D eigenvalue weighted by Crippen LogP contribution is 2.39. The van der Waals surface area contributed by atoms with E-state index in [1.165, 1.54) is 18.3 Å². The Morgan fingerprint density at radius 3 is 2.30 bits per heavy atom. The molecule has 5 rings (SSSR count). The summed E-state index contributed by atoms with van der Waals surface area (Å²) in [7, 11) is -4.01. The third-order valence-corrected chi connectivity index (χ3v) is 7.85. The Balaban J connectivity index is 1.65. The lowest BCUT2D eigenvalue weighted by molar-refractivity contribution is -0.188. The zero-order chi connectivity index (χ0) is 23.5. The Morgan fingerprint density at radius 2 is 1.67 bits per heavy atom. The van der Waals surface area contributed by atoms with Crippen molar-refractivity contribution in [1.29, 1.82) is 0 Å². The Labute approximate surface area is 187 Å². The van der Waals surface area contributed by atoms with Crippen molar-refractivity contribution in [2.24, 2.45) is 0 Å². The minimum atomic E-state index is -5.05. The molecule has 2 aliphatic rings. The first kappa shape index (κ1) is 21.7. The summed E-state index contributed by atoms with van der Waals surface area (Å²) in [5.74, 6) is -2.37. The molecule has 172 valence electrons. The number of nitrogens with zero attached hydrogens (tertiary/aromatic N) is 2. The number of hydrogen-bond acceptors (Lipinski definition) is 4. The van der Waals surface area contributed by atoms with Gasteiger partial charge in [0.15, 0.2) is 5.78 Å². The second kappa shape index (κ2) is 7.44. The standard InChI is InChI=1S/C23H19F3N2O4S/c24-23(25,26)22(30)28(15-9-10-15)16-11-14-13-27(33(31,32)17-5-2-1-3-6-17)19-8-4-7-18(21(14)19)20(29)12-16/h1-8,13,15-16H,9-12H2. The molecule has 1 unspecified atom stereocenters. The number of carbonyl (C=O) groups excluding carboxylic acids is 2. The quantitative estimate of drug-likeness (QED) is 0.572. The molecule has 3 aromatic rings. The molecule has 2 aromatic carbocycles. The minimum Gasteiger partial charge on any atom is -0.328 e. The molecule has 1 amide bonds. The first-order valence-electron chi connectivity index (χ1n) is 10.5. The fraction of sp³-hybridized carbons (Fsp3) is 0.304.